The molecule has 0 unspecified atom stereocenters. The molecule has 1 saturated heterocycles. The van der Waals surface area contributed by atoms with E-state index in [9.17, 15) is 22.8 Å². The van der Waals surface area contributed by atoms with Crippen molar-refractivity contribution in [3.05, 3.63) is 42.4 Å². The van der Waals surface area contributed by atoms with Gasteiger partial charge in [-0.05, 0) is 24.3 Å². The molecule has 1 aliphatic heterocycles. The van der Waals surface area contributed by atoms with E-state index in [1.807, 2.05) is 4.90 Å². The van der Waals surface area contributed by atoms with Crippen molar-refractivity contribution in [3.8, 4) is 5.75 Å². The SMILES string of the molecule is Nc1nccnc1C(=O)N1CCN(CC(=O)Nc2ccc(OC(F)(F)F)cc2)CC1. The second-order valence-corrected chi connectivity index (χ2v) is 6.48. The van der Waals surface area contributed by atoms with E-state index < -0.39 is 6.36 Å². The van der Waals surface area contributed by atoms with E-state index in [0.717, 1.165) is 12.1 Å². The maximum atomic E-state index is 12.5. The zero-order chi connectivity index (χ0) is 21.7. The van der Waals surface area contributed by atoms with E-state index >= 15 is 0 Å². The van der Waals surface area contributed by atoms with Gasteiger partial charge in [-0.3, -0.25) is 14.5 Å². The van der Waals surface area contributed by atoms with Gasteiger partial charge in [0.25, 0.3) is 5.91 Å². The highest BCUT2D eigenvalue weighted by Gasteiger charge is 2.31. The Morgan fingerprint density at radius 2 is 1.70 bits per heavy atom. The molecule has 2 aromatic rings. The fraction of sp³-hybridized carbons (Fsp3) is 0.333. The van der Waals surface area contributed by atoms with Crippen molar-refractivity contribution in [3.63, 3.8) is 0 Å². The lowest BCUT2D eigenvalue weighted by Gasteiger charge is -2.34. The standard InChI is InChI=1S/C18H19F3N6O3/c19-18(20,21)30-13-3-1-12(2-4-13)25-14(28)11-26-7-9-27(10-8-26)17(29)15-16(22)24-6-5-23-15/h1-6H,7-11H2,(H2,22,24)(H,25,28). The van der Waals surface area contributed by atoms with Crippen LogP contribution < -0.4 is 15.8 Å². The van der Waals surface area contributed by atoms with Crippen LogP contribution in [0, 0.1) is 0 Å². The Morgan fingerprint density at radius 1 is 1.07 bits per heavy atom. The van der Waals surface area contributed by atoms with Crippen LogP contribution in [0.5, 0.6) is 5.75 Å². The van der Waals surface area contributed by atoms with Gasteiger partial charge in [-0.1, -0.05) is 0 Å². The Labute approximate surface area is 169 Å². The number of carbonyl (C=O) groups is 2. The summed E-state index contributed by atoms with van der Waals surface area (Å²) >= 11 is 0. The highest BCUT2D eigenvalue weighted by molar-refractivity contribution is 5.96. The smallest absolute Gasteiger partial charge is 0.406 e. The summed E-state index contributed by atoms with van der Waals surface area (Å²) < 4.78 is 40.3. The molecule has 0 atom stereocenters. The lowest BCUT2D eigenvalue weighted by molar-refractivity contribution is -0.274. The number of alkyl halides is 3. The molecule has 3 N–H and O–H groups in total. The number of piperazine rings is 1. The lowest BCUT2D eigenvalue weighted by Crippen LogP contribution is -2.50. The number of nitrogens with two attached hydrogens (primary N) is 1. The third kappa shape index (κ3) is 5.80. The molecule has 0 saturated carbocycles. The molecule has 30 heavy (non-hydrogen) atoms. The van der Waals surface area contributed by atoms with Crippen LogP contribution in [0.2, 0.25) is 0 Å². The Kier molecular flexibility index (Phi) is 6.35. The van der Waals surface area contributed by atoms with Crippen molar-refractivity contribution in [1.82, 2.24) is 19.8 Å². The quantitative estimate of drug-likeness (QED) is 0.745. The first-order chi connectivity index (χ1) is 14.2. The number of halogens is 3. The molecule has 0 spiro atoms. The van der Waals surface area contributed by atoms with Crippen LogP contribution in [0.25, 0.3) is 0 Å². The number of aromatic nitrogens is 2. The predicted octanol–water partition coefficient (Wildman–Crippen LogP) is 1.35. The minimum absolute atomic E-state index is 0.0657. The van der Waals surface area contributed by atoms with Gasteiger partial charge in [-0.25, -0.2) is 9.97 Å². The molecule has 160 valence electrons. The molecule has 2 amide bonds. The predicted molar refractivity (Wildman–Crippen MR) is 101 cm³/mol. The first-order valence-electron chi connectivity index (χ1n) is 8.95. The number of rotatable bonds is 5. The summed E-state index contributed by atoms with van der Waals surface area (Å²) in [4.78, 5) is 35.9. The first kappa shape index (κ1) is 21.3. The second-order valence-electron chi connectivity index (χ2n) is 6.48. The molecule has 1 fully saturated rings. The third-order valence-corrected chi connectivity index (χ3v) is 4.33. The number of carbonyl (C=O) groups excluding carboxylic acids is 2. The number of nitrogen functional groups attached to an aromatic ring is 1. The van der Waals surface area contributed by atoms with Crippen LogP contribution in [0.3, 0.4) is 0 Å². The average molecular weight is 424 g/mol. The van der Waals surface area contributed by atoms with Gasteiger partial charge in [0.05, 0.1) is 6.54 Å². The number of hydrogen-bond donors (Lipinski definition) is 2. The molecule has 0 aliphatic carbocycles. The summed E-state index contributed by atoms with van der Waals surface area (Å²) in [5.41, 5.74) is 6.13. The van der Waals surface area contributed by atoms with Gasteiger partial charge in [0.15, 0.2) is 11.5 Å². The van der Waals surface area contributed by atoms with Crippen LogP contribution in [0.15, 0.2) is 36.7 Å². The number of nitrogens with one attached hydrogen (secondary N) is 1. The summed E-state index contributed by atoms with van der Waals surface area (Å²) in [6.07, 6.45) is -1.97. The van der Waals surface area contributed by atoms with Gasteiger partial charge in [0, 0.05) is 44.3 Å². The molecule has 1 aliphatic rings. The fourth-order valence-corrected chi connectivity index (χ4v) is 2.92. The lowest BCUT2D eigenvalue weighted by atomic mass is 10.2. The maximum Gasteiger partial charge on any atom is 0.573 e. The van der Waals surface area contributed by atoms with Gasteiger partial charge in [0.1, 0.15) is 5.75 Å². The number of anilines is 2. The number of ether oxygens (including phenoxy) is 1. The van der Waals surface area contributed by atoms with Gasteiger partial charge in [0.2, 0.25) is 5.91 Å². The fourth-order valence-electron chi connectivity index (χ4n) is 2.92. The van der Waals surface area contributed by atoms with Crippen LogP contribution in [0.1, 0.15) is 10.5 Å². The van der Waals surface area contributed by atoms with Gasteiger partial charge >= 0.3 is 6.36 Å². The molecule has 9 nitrogen and oxygen atoms in total. The van der Waals surface area contributed by atoms with E-state index in [1.54, 1.807) is 4.90 Å². The Hall–Kier alpha value is -3.41. The molecular formula is C18H19F3N6O3. The number of benzene rings is 1. The maximum absolute atomic E-state index is 12.5. The van der Waals surface area contributed by atoms with Gasteiger partial charge < -0.3 is 20.7 Å². The highest BCUT2D eigenvalue weighted by Crippen LogP contribution is 2.24. The van der Waals surface area contributed by atoms with E-state index in [-0.39, 0.29) is 35.6 Å². The molecule has 3 rings (SSSR count). The van der Waals surface area contributed by atoms with Crippen molar-refractivity contribution in [2.24, 2.45) is 0 Å². The van der Waals surface area contributed by atoms with E-state index in [0.29, 0.717) is 31.9 Å². The molecule has 1 aromatic heterocycles. The van der Waals surface area contributed by atoms with Crippen molar-refractivity contribution in [2.45, 2.75) is 6.36 Å². The molecule has 0 radical (unpaired) electrons. The third-order valence-electron chi connectivity index (χ3n) is 4.33. The largest absolute Gasteiger partial charge is 0.573 e. The van der Waals surface area contributed by atoms with Gasteiger partial charge in [-0.2, -0.15) is 0 Å². The van der Waals surface area contributed by atoms with Crippen LogP contribution in [-0.4, -0.2) is 70.7 Å². The minimum atomic E-state index is -4.77. The number of nitrogens with zero attached hydrogens (tertiary/aromatic N) is 4. The number of amides is 2. The highest BCUT2D eigenvalue weighted by atomic mass is 19.4. The van der Waals surface area contributed by atoms with Crippen LogP contribution in [-0.2, 0) is 4.79 Å². The summed E-state index contributed by atoms with van der Waals surface area (Å²) in [5, 5.41) is 2.61. The molecule has 12 heteroatoms. The molecule has 1 aromatic carbocycles. The van der Waals surface area contributed by atoms with Crippen LogP contribution in [0.4, 0.5) is 24.7 Å². The Balaban J connectivity index is 1.46. The van der Waals surface area contributed by atoms with Gasteiger partial charge in [-0.15, -0.1) is 13.2 Å². The van der Waals surface area contributed by atoms with E-state index in [1.165, 1.54) is 24.5 Å². The minimum Gasteiger partial charge on any atom is -0.406 e. The molecule has 2 heterocycles. The summed E-state index contributed by atoms with van der Waals surface area (Å²) in [5.74, 6) is -0.940. The Morgan fingerprint density at radius 3 is 2.30 bits per heavy atom. The summed E-state index contributed by atoms with van der Waals surface area (Å²) in [6.45, 7) is 1.81. The monoisotopic (exact) mass is 424 g/mol. The van der Waals surface area contributed by atoms with E-state index in [2.05, 4.69) is 20.0 Å². The van der Waals surface area contributed by atoms with Crippen molar-refractivity contribution in [1.29, 1.82) is 0 Å². The molecule has 0 bridgehead atoms. The van der Waals surface area contributed by atoms with E-state index in [4.69, 9.17) is 5.73 Å². The van der Waals surface area contributed by atoms with Crippen LogP contribution >= 0.6 is 0 Å². The van der Waals surface area contributed by atoms with Crippen molar-refractivity contribution < 1.29 is 27.5 Å². The normalized spacial score (nSPS) is 15.0. The van der Waals surface area contributed by atoms with Crippen molar-refractivity contribution >= 4 is 23.3 Å². The Bertz CT molecular complexity index is 899. The number of hydrogen-bond acceptors (Lipinski definition) is 7. The zero-order valence-electron chi connectivity index (χ0n) is 15.7. The van der Waals surface area contributed by atoms with Crippen molar-refractivity contribution in [2.75, 3.05) is 43.8 Å². The molecular weight excluding hydrogens is 405 g/mol. The zero-order valence-corrected chi connectivity index (χ0v) is 15.7. The second kappa shape index (κ2) is 8.95. The summed E-state index contributed by atoms with van der Waals surface area (Å²) in [7, 11) is 0. The summed E-state index contributed by atoms with van der Waals surface area (Å²) in [6, 6.07) is 4.87. The topological polar surface area (TPSA) is 114 Å². The average Bonchev–Trinajstić information content (AvgIpc) is 2.69. The first-order valence-corrected chi connectivity index (χ1v) is 8.95.